The highest BCUT2D eigenvalue weighted by molar-refractivity contribution is 5.86. The van der Waals surface area contributed by atoms with Gasteiger partial charge in [-0.25, -0.2) is 4.79 Å². The zero-order valence-electron chi connectivity index (χ0n) is 16.8. The summed E-state index contributed by atoms with van der Waals surface area (Å²) in [6.45, 7) is 2.52. The lowest BCUT2D eigenvalue weighted by atomic mass is 10.1. The van der Waals surface area contributed by atoms with Crippen LogP contribution in [0.1, 0.15) is 100 Å². The molecule has 1 rings (SSSR count). The highest BCUT2D eigenvalue weighted by atomic mass is 19.4. The molecule has 0 aliphatic carbocycles. The maximum Gasteiger partial charge on any atom is 0.393 e. The minimum Gasteiger partial charge on any atom is -0.475 e. The van der Waals surface area contributed by atoms with E-state index in [0.29, 0.717) is 6.61 Å². The second-order valence-corrected chi connectivity index (χ2v) is 7.25. The third-order valence-electron chi connectivity index (χ3n) is 4.61. The quantitative estimate of drug-likeness (QED) is 0.296. The van der Waals surface area contributed by atoms with Crippen LogP contribution in [0.25, 0.3) is 0 Å². The maximum atomic E-state index is 12.5. The summed E-state index contributed by atoms with van der Waals surface area (Å²) >= 11 is 0. The van der Waals surface area contributed by atoms with Crippen molar-refractivity contribution in [2.45, 2.75) is 96.6 Å². The van der Waals surface area contributed by atoms with E-state index in [1.165, 1.54) is 57.8 Å². The van der Waals surface area contributed by atoms with Crippen LogP contribution < -0.4 is 4.74 Å². The van der Waals surface area contributed by atoms with Gasteiger partial charge in [0.25, 0.3) is 5.95 Å². The number of carboxylic acid groups (broad SMARTS) is 1. The van der Waals surface area contributed by atoms with Crippen LogP contribution in [0, 0.1) is 0 Å². The zero-order chi connectivity index (χ0) is 20.8. The Morgan fingerprint density at radius 2 is 1.46 bits per heavy atom. The van der Waals surface area contributed by atoms with Gasteiger partial charge in [0, 0.05) is 11.6 Å². The van der Waals surface area contributed by atoms with Crippen LogP contribution >= 0.6 is 0 Å². The number of alkyl halides is 3. The Labute approximate surface area is 165 Å². The number of unbranched alkanes of at least 4 members (excludes halogenated alkanes) is 11. The molecular weight excluding hydrogens is 373 g/mol. The van der Waals surface area contributed by atoms with Crippen LogP contribution in [-0.2, 0) is 6.42 Å². The third-order valence-corrected chi connectivity index (χ3v) is 4.61. The number of hydrogen-bond acceptors (Lipinski definition) is 3. The van der Waals surface area contributed by atoms with Crippen LogP contribution in [0.3, 0.4) is 0 Å². The summed E-state index contributed by atoms with van der Waals surface area (Å²) < 4.78 is 47.7. The van der Waals surface area contributed by atoms with Crippen molar-refractivity contribution in [2.75, 3.05) is 6.61 Å². The van der Waals surface area contributed by atoms with E-state index in [-0.39, 0.29) is 5.95 Å². The Morgan fingerprint density at radius 3 is 1.93 bits per heavy atom. The van der Waals surface area contributed by atoms with Gasteiger partial charge in [0.05, 0.1) is 13.0 Å². The van der Waals surface area contributed by atoms with Gasteiger partial charge in [-0.15, -0.1) is 0 Å². The van der Waals surface area contributed by atoms with Gasteiger partial charge in [-0.3, -0.25) is 0 Å². The Hall–Kier alpha value is -1.66. The molecule has 1 heterocycles. The number of aromatic carboxylic acids is 1. The van der Waals surface area contributed by atoms with Crippen LogP contribution in [0.5, 0.6) is 5.95 Å². The molecule has 0 radical (unpaired) electrons. The van der Waals surface area contributed by atoms with E-state index in [4.69, 9.17) is 14.3 Å². The van der Waals surface area contributed by atoms with Crippen LogP contribution in [0.2, 0.25) is 0 Å². The molecule has 0 saturated carbocycles. The molecule has 0 fully saturated rings. The Balaban J connectivity index is 2.12. The van der Waals surface area contributed by atoms with Crippen LogP contribution in [0.15, 0.2) is 10.5 Å². The smallest absolute Gasteiger partial charge is 0.393 e. The minimum absolute atomic E-state index is 0.167. The highest BCUT2D eigenvalue weighted by Gasteiger charge is 2.32. The fourth-order valence-electron chi connectivity index (χ4n) is 3.12. The zero-order valence-corrected chi connectivity index (χ0v) is 16.8. The molecule has 1 N–H and O–H groups in total. The number of hydrogen-bond donors (Lipinski definition) is 1. The molecule has 1 aromatic rings. The monoisotopic (exact) mass is 406 g/mol. The lowest BCUT2D eigenvalue weighted by Gasteiger charge is -2.04. The predicted molar refractivity (Wildman–Crippen MR) is 102 cm³/mol. The van der Waals surface area contributed by atoms with Gasteiger partial charge in [-0.2, -0.15) is 13.2 Å². The van der Waals surface area contributed by atoms with Gasteiger partial charge in [0.15, 0.2) is 0 Å². The first-order valence-electron chi connectivity index (χ1n) is 10.4. The number of furan rings is 1. The van der Waals surface area contributed by atoms with Crippen molar-refractivity contribution in [3.8, 4) is 5.95 Å². The molecule has 4 nitrogen and oxygen atoms in total. The van der Waals surface area contributed by atoms with Gasteiger partial charge in [-0.1, -0.05) is 77.6 Å². The SMILES string of the molecule is CCCCCCCCCCCCCCOc1cc(CC(F)(F)F)c(C(=O)O)o1. The summed E-state index contributed by atoms with van der Waals surface area (Å²) in [5, 5.41) is 8.94. The normalized spacial score (nSPS) is 11.7. The summed E-state index contributed by atoms with van der Waals surface area (Å²) in [6.07, 6.45) is 8.58. The summed E-state index contributed by atoms with van der Waals surface area (Å²) in [5.41, 5.74) is -0.412. The van der Waals surface area contributed by atoms with E-state index in [2.05, 4.69) is 6.92 Å². The average molecular weight is 406 g/mol. The molecule has 0 amide bonds. The standard InChI is InChI=1S/C21H33F3O4/c1-2-3-4-5-6-7-8-9-10-11-12-13-14-27-18-15-17(16-21(22,23)24)19(28-18)20(25)26/h15H,2-14,16H2,1H3,(H,25,26). The fourth-order valence-corrected chi connectivity index (χ4v) is 3.12. The largest absolute Gasteiger partial charge is 0.475 e. The molecular formula is C21H33F3O4. The van der Waals surface area contributed by atoms with Gasteiger partial charge < -0.3 is 14.3 Å². The second kappa shape index (κ2) is 13.5. The van der Waals surface area contributed by atoms with Crippen molar-refractivity contribution in [3.05, 3.63) is 17.4 Å². The summed E-state index contributed by atoms with van der Waals surface area (Å²) in [5.74, 6) is -2.40. The Morgan fingerprint density at radius 1 is 0.964 bits per heavy atom. The molecule has 0 saturated heterocycles. The minimum atomic E-state index is -4.50. The van der Waals surface area contributed by atoms with E-state index < -0.39 is 29.9 Å². The molecule has 0 atom stereocenters. The molecule has 1 aromatic heterocycles. The van der Waals surface area contributed by atoms with E-state index in [0.717, 1.165) is 25.3 Å². The van der Waals surface area contributed by atoms with E-state index in [1.54, 1.807) is 0 Å². The number of rotatable bonds is 16. The molecule has 0 aliphatic heterocycles. The first-order valence-corrected chi connectivity index (χ1v) is 10.4. The first-order chi connectivity index (χ1) is 13.3. The van der Waals surface area contributed by atoms with Gasteiger partial charge in [-0.05, 0) is 6.42 Å². The van der Waals surface area contributed by atoms with Crippen molar-refractivity contribution in [1.29, 1.82) is 0 Å². The van der Waals surface area contributed by atoms with Crippen molar-refractivity contribution in [1.82, 2.24) is 0 Å². The number of carboxylic acids is 1. The van der Waals surface area contributed by atoms with Crippen LogP contribution in [-0.4, -0.2) is 23.9 Å². The summed E-state index contributed by atoms with van der Waals surface area (Å²) in [4.78, 5) is 11.0. The van der Waals surface area contributed by atoms with Crippen molar-refractivity contribution in [3.63, 3.8) is 0 Å². The number of ether oxygens (including phenoxy) is 1. The Kier molecular flexibility index (Phi) is 11.8. The molecule has 0 aromatic carbocycles. The predicted octanol–water partition coefficient (Wildman–Crippen LogP) is 7.16. The second-order valence-electron chi connectivity index (χ2n) is 7.25. The lowest BCUT2D eigenvalue weighted by molar-refractivity contribution is -0.127. The molecule has 0 spiro atoms. The van der Waals surface area contributed by atoms with E-state index in [9.17, 15) is 18.0 Å². The van der Waals surface area contributed by atoms with E-state index in [1.807, 2.05) is 0 Å². The third kappa shape index (κ3) is 11.2. The average Bonchev–Trinajstić information content (AvgIpc) is 3.00. The number of carbonyl (C=O) groups is 1. The Bertz CT molecular complexity index is 552. The molecule has 0 unspecified atom stereocenters. The van der Waals surface area contributed by atoms with Crippen molar-refractivity contribution in [2.24, 2.45) is 0 Å². The maximum absolute atomic E-state index is 12.5. The molecule has 7 heteroatoms. The van der Waals surface area contributed by atoms with E-state index >= 15 is 0 Å². The van der Waals surface area contributed by atoms with Gasteiger partial charge in [0.1, 0.15) is 0 Å². The highest BCUT2D eigenvalue weighted by Crippen LogP contribution is 2.29. The summed E-state index contributed by atoms with van der Waals surface area (Å²) in [6, 6.07) is 1.03. The summed E-state index contributed by atoms with van der Waals surface area (Å²) in [7, 11) is 0. The number of halogens is 3. The topological polar surface area (TPSA) is 59.7 Å². The fraction of sp³-hybridized carbons (Fsp3) is 0.762. The lowest BCUT2D eigenvalue weighted by Crippen LogP contribution is -2.13. The van der Waals surface area contributed by atoms with Crippen molar-refractivity contribution < 1.29 is 32.2 Å². The van der Waals surface area contributed by atoms with Gasteiger partial charge in [0.2, 0.25) is 5.76 Å². The van der Waals surface area contributed by atoms with Gasteiger partial charge >= 0.3 is 12.1 Å². The first kappa shape index (κ1) is 24.4. The molecule has 0 bridgehead atoms. The van der Waals surface area contributed by atoms with Crippen LogP contribution in [0.4, 0.5) is 13.2 Å². The molecule has 0 aliphatic rings. The molecule has 162 valence electrons. The molecule has 28 heavy (non-hydrogen) atoms. The van der Waals surface area contributed by atoms with Crippen molar-refractivity contribution >= 4 is 5.97 Å².